The van der Waals surface area contributed by atoms with E-state index in [1.165, 1.54) is 23.8 Å². The number of urea groups is 1. The molecule has 0 bridgehead atoms. The van der Waals surface area contributed by atoms with Gasteiger partial charge in [-0.3, -0.25) is 4.79 Å². The lowest BCUT2D eigenvalue weighted by molar-refractivity contribution is 0.0734. The van der Waals surface area contributed by atoms with Gasteiger partial charge < -0.3 is 10.2 Å². The first-order valence-corrected chi connectivity index (χ1v) is 12.2. The molecule has 3 aromatic carbocycles. The van der Waals surface area contributed by atoms with Gasteiger partial charge >= 0.3 is 6.03 Å². The average molecular weight is 482 g/mol. The van der Waals surface area contributed by atoms with Crippen LogP contribution in [0.5, 0.6) is 0 Å². The van der Waals surface area contributed by atoms with Crippen molar-refractivity contribution in [3.8, 4) is 0 Å². The van der Waals surface area contributed by atoms with Crippen molar-refractivity contribution in [2.24, 2.45) is 0 Å². The maximum absolute atomic E-state index is 13.0. The fraction of sp³-hybridized carbons (Fsp3) is 0.167. The van der Waals surface area contributed by atoms with Crippen LogP contribution in [0.2, 0.25) is 5.02 Å². The van der Waals surface area contributed by atoms with E-state index in [2.05, 4.69) is 11.4 Å². The number of amides is 3. The van der Waals surface area contributed by atoms with E-state index in [0.717, 1.165) is 16.3 Å². The van der Waals surface area contributed by atoms with Gasteiger partial charge in [0.15, 0.2) is 0 Å². The van der Waals surface area contributed by atoms with Gasteiger partial charge in [0.05, 0.1) is 12.2 Å². The average Bonchev–Trinajstić information content (AvgIpc) is 2.82. The van der Waals surface area contributed by atoms with Gasteiger partial charge in [0.2, 0.25) is 0 Å². The zero-order chi connectivity index (χ0) is 23.2. The SMILES string of the molecule is O=C(c1ccc(CN2C(=O)Nc3ccc(Cl)cc3S2(=O)=O)cc1)N1CCc2ccccc2C1. The standard InChI is InChI=1S/C24H20ClN3O4S/c25-20-9-10-21-22(13-20)33(31,32)28(24(30)26-21)14-16-5-7-18(8-6-16)23(29)27-12-11-17-3-1-2-4-19(17)15-27/h1-10,13H,11-12,14-15H2,(H,26,30). The second kappa shape index (κ2) is 8.20. The molecule has 0 unspecified atom stereocenters. The van der Waals surface area contributed by atoms with E-state index in [4.69, 9.17) is 11.6 Å². The Balaban J connectivity index is 1.33. The third-order valence-corrected chi connectivity index (χ3v) is 7.93. The van der Waals surface area contributed by atoms with Crippen molar-refractivity contribution in [3.63, 3.8) is 0 Å². The van der Waals surface area contributed by atoms with Crippen LogP contribution in [-0.2, 0) is 29.5 Å². The number of benzene rings is 3. The molecule has 0 radical (unpaired) electrons. The van der Waals surface area contributed by atoms with Gasteiger partial charge in [-0.25, -0.2) is 17.5 Å². The number of nitrogens with zero attached hydrogens (tertiary/aromatic N) is 2. The van der Waals surface area contributed by atoms with Crippen LogP contribution in [0.25, 0.3) is 0 Å². The van der Waals surface area contributed by atoms with E-state index < -0.39 is 16.1 Å². The number of hydrogen-bond acceptors (Lipinski definition) is 4. The number of rotatable bonds is 3. The zero-order valence-corrected chi connectivity index (χ0v) is 19.1. The molecule has 0 fully saturated rings. The van der Waals surface area contributed by atoms with Crippen LogP contribution in [-0.4, -0.2) is 36.1 Å². The molecule has 33 heavy (non-hydrogen) atoms. The van der Waals surface area contributed by atoms with Gasteiger partial charge in [-0.2, -0.15) is 0 Å². The summed E-state index contributed by atoms with van der Waals surface area (Å²) < 4.78 is 26.8. The van der Waals surface area contributed by atoms with Gasteiger partial charge in [-0.15, -0.1) is 0 Å². The van der Waals surface area contributed by atoms with Crippen LogP contribution in [0.1, 0.15) is 27.0 Å². The molecular formula is C24H20ClN3O4S. The van der Waals surface area contributed by atoms with Crippen molar-refractivity contribution in [2.45, 2.75) is 24.4 Å². The number of anilines is 1. The predicted octanol–water partition coefficient (Wildman–Crippen LogP) is 4.27. The Hall–Kier alpha value is -3.36. The first kappa shape index (κ1) is 21.5. The zero-order valence-electron chi connectivity index (χ0n) is 17.5. The van der Waals surface area contributed by atoms with Crippen LogP contribution in [0.3, 0.4) is 0 Å². The van der Waals surface area contributed by atoms with E-state index in [1.54, 1.807) is 29.2 Å². The molecule has 0 aliphatic carbocycles. The summed E-state index contributed by atoms with van der Waals surface area (Å²) in [5.41, 5.74) is 3.71. The van der Waals surface area contributed by atoms with E-state index in [0.29, 0.717) is 24.2 Å². The highest BCUT2D eigenvalue weighted by atomic mass is 35.5. The minimum absolute atomic E-state index is 0.0493. The van der Waals surface area contributed by atoms with Crippen molar-refractivity contribution >= 4 is 39.2 Å². The summed E-state index contributed by atoms with van der Waals surface area (Å²) in [4.78, 5) is 27.2. The Morgan fingerprint density at radius 2 is 1.73 bits per heavy atom. The van der Waals surface area contributed by atoms with Gasteiger partial charge in [0, 0.05) is 23.7 Å². The number of nitrogens with one attached hydrogen (secondary N) is 1. The van der Waals surface area contributed by atoms with Crippen molar-refractivity contribution in [3.05, 3.63) is 94.0 Å². The van der Waals surface area contributed by atoms with Crippen molar-refractivity contribution in [1.29, 1.82) is 0 Å². The number of halogens is 1. The quantitative estimate of drug-likeness (QED) is 0.605. The molecule has 2 aliphatic heterocycles. The number of hydrogen-bond donors (Lipinski definition) is 1. The van der Waals surface area contributed by atoms with Crippen LogP contribution < -0.4 is 5.32 Å². The Morgan fingerprint density at radius 3 is 2.48 bits per heavy atom. The predicted molar refractivity (Wildman–Crippen MR) is 125 cm³/mol. The van der Waals surface area contributed by atoms with Crippen LogP contribution in [0.4, 0.5) is 10.5 Å². The Morgan fingerprint density at radius 1 is 1.00 bits per heavy atom. The summed E-state index contributed by atoms with van der Waals surface area (Å²) in [6.45, 7) is 1.04. The van der Waals surface area contributed by atoms with Gasteiger partial charge in [0.1, 0.15) is 4.90 Å². The largest absolute Gasteiger partial charge is 0.336 e. The maximum atomic E-state index is 13.0. The number of sulfonamides is 1. The number of carbonyl (C=O) groups is 2. The van der Waals surface area contributed by atoms with E-state index >= 15 is 0 Å². The van der Waals surface area contributed by atoms with E-state index in [9.17, 15) is 18.0 Å². The van der Waals surface area contributed by atoms with Gasteiger partial charge in [-0.05, 0) is 53.4 Å². The topological polar surface area (TPSA) is 86.8 Å². The first-order chi connectivity index (χ1) is 15.8. The highest BCUT2D eigenvalue weighted by molar-refractivity contribution is 7.90. The summed E-state index contributed by atoms with van der Waals surface area (Å²) in [6.07, 6.45) is 0.813. The third kappa shape index (κ3) is 3.96. The smallest absolute Gasteiger partial charge is 0.334 e. The number of carbonyl (C=O) groups excluding carboxylic acids is 2. The molecule has 7 nitrogen and oxygen atoms in total. The molecule has 2 heterocycles. The molecule has 3 amide bonds. The van der Waals surface area contributed by atoms with Crippen molar-refractivity contribution in [1.82, 2.24) is 9.21 Å². The second-order valence-corrected chi connectivity index (χ2v) is 10.3. The highest BCUT2D eigenvalue weighted by Gasteiger charge is 2.36. The molecule has 168 valence electrons. The summed E-state index contributed by atoms with van der Waals surface area (Å²) >= 11 is 5.96. The monoisotopic (exact) mass is 481 g/mol. The number of fused-ring (bicyclic) bond motifs is 2. The normalized spacial score (nSPS) is 16.6. The lowest BCUT2D eigenvalue weighted by Crippen LogP contribution is -2.43. The summed E-state index contributed by atoms with van der Waals surface area (Å²) in [5, 5.41) is 2.84. The summed E-state index contributed by atoms with van der Waals surface area (Å²) in [7, 11) is -4.06. The lowest BCUT2D eigenvalue weighted by atomic mass is 9.99. The van der Waals surface area contributed by atoms with Gasteiger partial charge in [0.25, 0.3) is 15.9 Å². The third-order valence-electron chi connectivity index (χ3n) is 5.92. The molecular weight excluding hydrogens is 462 g/mol. The van der Waals surface area contributed by atoms with E-state index in [-0.39, 0.29) is 28.1 Å². The van der Waals surface area contributed by atoms with Crippen molar-refractivity contribution in [2.75, 3.05) is 11.9 Å². The Kier molecular flexibility index (Phi) is 5.34. The summed E-state index contributed by atoms with van der Waals surface area (Å²) in [5.74, 6) is -0.0806. The molecule has 1 N–H and O–H groups in total. The summed E-state index contributed by atoms with van der Waals surface area (Å²) in [6, 6.07) is 18.3. The molecule has 0 saturated heterocycles. The molecule has 0 atom stereocenters. The first-order valence-electron chi connectivity index (χ1n) is 10.4. The fourth-order valence-electron chi connectivity index (χ4n) is 4.15. The fourth-order valence-corrected chi connectivity index (χ4v) is 5.88. The molecule has 0 saturated carbocycles. The lowest BCUT2D eigenvalue weighted by Gasteiger charge is -2.29. The molecule has 2 aliphatic rings. The second-order valence-electron chi connectivity index (χ2n) is 8.02. The van der Waals surface area contributed by atoms with Gasteiger partial charge in [-0.1, -0.05) is 48.0 Å². The molecule has 3 aromatic rings. The Labute approximate surface area is 196 Å². The molecule has 9 heteroatoms. The van der Waals surface area contributed by atoms with Crippen LogP contribution in [0.15, 0.2) is 71.6 Å². The molecule has 0 aromatic heterocycles. The van der Waals surface area contributed by atoms with Crippen LogP contribution in [0, 0.1) is 0 Å². The molecule has 5 rings (SSSR count). The maximum Gasteiger partial charge on any atom is 0.336 e. The molecule has 0 spiro atoms. The van der Waals surface area contributed by atoms with Crippen LogP contribution >= 0.6 is 11.6 Å². The van der Waals surface area contributed by atoms with E-state index in [1.807, 2.05) is 18.2 Å². The Bertz CT molecular complexity index is 1370. The minimum atomic E-state index is -4.06. The minimum Gasteiger partial charge on any atom is -0.334 e. The highest BCUT2D eigenvalue weighted by Crippen LogP contribution is 2.33. The van der Waals surface area contributed by atoms with Crippen molar-refractivity contribution < 1.29 is 18.0 Å².